The van der Waals surface area contributed by atoms with Gasteiger partial charge >= 0.3 is 0 Å². The second-order valence-corrected chi connectivity index (χ2v) is 8.07. The van der Waals surface area contributed by atoms with Crippen LogP contribution in [0.4, 0.5) is 0 Å². The Bertz CT molecular complexity index is 696. The minimum atomic E-state index is -1.77. The van der Waals surface area contributed by atoms with Gasteiger partial charge < -0.3 is 20.4 Å². The number of carbonyl (C=O) groups excluding carboxylic acids is 2. The standard InChI is InChI=1S/C19H26N2O4S2/c1-3-13(11-26-2)8-14-9-15(27-12-14)10-20-18(24)16(22)17(23)19(25)21-6-4-5-7-21/h3,9,11-12,16-17,22-23H,1,4-8,10H2,2H3,(H,20,24)/b13-11+. The zero-order valence-corrected chi connectivity index (χ0v) is 17.0. The minimum Gasteiger partial charge on any atom is -0.380 e. The number of thioether (sulfide) groups is 1. The molecule has 0 radical (unpaired) electrons. The van der Waals surface area contributed by atoms with Gasteiger partial charge in [-0.2, -0.15) is 0 Å². The van der Waals surface area contributed by atoms with E-state index in [-0.39, 0.29) is 6.54 Å². The van der Waals surface area contributed by atoms with Crippen molar-refractivity contribution >= 4 is 34.9 Å². The highest BCUT2D eigenvalue weighted by Crippen LogP contribution is 2.19. The smallest absolute Gasteiger partial charge is 0.254 e. The van der Waals surface area contributed by atoms with E-state index >= 15 is 0 Å². The average Bonchev–Trinajstić information content (AvgIpc) is 3.36. The molecule has 6 nitrogen and oxygen atoms in total. The maximum atomic E-state index is 12.1. The molecule has 2 amide bonds. The van der Waals surface area contributed by atoms with Gasteiger partial charge in [-0.05, 0) is 53.5 Å². The number of hydrogen-bond acceptors (Lipinski definition) is 6. The van der Waals surface area contributed by atoms with Crippen LogP contribution in [0.1, 0.15) is 23.3 Å². The van der Waals surface area contributed by atoms with Gasteiger partial charge in [0.15, 0.2) is 12.2 Å². The molecule has 3 N–H and O–H groups in total. The Kier molecular flexibility index (Phi) is 8.56. The van der Waals surface area contributed by atoms with Gasteiger partial charge in [0.05, 0.1) is 6.54 Å². The van der Waals surface area contributed by atoms with Crippen LogP contribution in [-0.2, 0) is 22.6 Å². The number of likely N-dealkylation sites (tertiary alicyclic amines) is 1. The summed E-state index contributed by atoms with van der Waals surface area (Å²) in [6.07, 6.45) is 2.84. The third kappa shape index (κ3) is 6.21. The lowest BCUT2D eigenvalue weighted by atomic mass is 10.1. The molecule has 2 rings (SSSR count). The van der Waals surface area contributed by atoms with Crippen LogP contribution >= 0.6 is 23.1 Å². The van der Waals surface area contributed by atoms with Crippen LogP contribution in [0.25, 0.3) is 0 Å². The first-order valence-corrected chi connectivity index (χ1v) is 11.0. The zero-order chi connectivity index (χ0) is 19.8. The molecule has 0 aromatic carbocycles. The molecule has 0 spiro atoms. The average molecular weight is 411 g/mol. The Balaban J connectivity index is 1.85. The quantitative estimate of drug-likeness (QED) is 0.539. The molecule has 27 heavy (non-hydrogen) atoms. The molecule has 2 atom stereocenters. The molecular weight excluding hydrogens is 384 g/mol. The third-order valence-electron chi connectivity index (χ3n) is 4.32. The Morgan fingerprint density at radius 2 is 2.07 bits per heavy atom. The summed E-state index contributed by atoms with van der Waals surface area (Å²) in [5, 5.41) is 26.6. The van der Waals surface area contributed by atoms with E-state index in [2.05, 4.69) is 11.9 Å². The summed E-state index contributed by atoms with van der Waals surface area (Å²) >= 11 is 3.13. The molecule has 2 heterocycles. The van der Waals surface area contributed by atoms with Gasteiger partial charge in [0.2, 0.25) is 0 Å². The number of thiophene rings is 1. The van der Waals surface area contributed by atoms with Crippen molar-refractivity contribution in [3.8, 4) is 0 Å². The van der Waals surface area contributed by atoms with Gasteiger partial charge in [0, 0.05) is 18.0 Å². The fourth-order valence-corrected chi connectivity index (χ4v) is 4.15. The third-order valence-corrected chi connectivity index (χ3v) is 5.85. The molecular formula is C19H26N2O4S2. The van der Waals surface area contributed by atoms with Crippen molar-refractivity contribution in [2.75, 3.05) is 19.3 Å². The van der Waals surface area contributed by atoms with Gasteiger partial charge in [-0.25, -0.2) is 0 Å². The first-order chi connectivity index (χ1) is 13.0. The van der Waals surface area contributed by atoms with Gasteiger partial charge in [0.25, 0.3) is 11.8 Å². The number of nitrogens with one attached hydrogen (secondary N) is 1. The molecule has 1 aromatic rings. The largest absolute Gasteiger partial charge is 0.380 e. The number of carbonyl (C=O) groups is 2. The van der Waals surface area contributed by atoms with E-state index in [1.807, 2.05) is 29.2 Å². The number of allylic oxidation sites excluding steroid dienone is 2. The van der Waals surface area contributed by atoms with Crippen molar-refractivity contribution in [1.29, 1.82) is 0 Å². The number of hydrogen-bond donors (Lipinski definition) is 3. The Hall–Kier alpha value is -1.61. The lowest BCUT2D eigenvalue weighted by molar-refractivity contribution is -0.152. The molecule has 1 fully saturated rings. The van der Waals surface area contributed by atoms with Gasteiger partial charge in [-0.3, -0.25) is 9.59 Å². The fourth-order valence-electron chi connectivity index (χ4n) is 2.84. The zero-order valence-electron chi connectivity index (χ0n) is 15.4. The summed E-state index contributed by atoms with van der Waals surface area (Å²) < 4.78 is 0. The number of nitrogens with zero attached hydrogens (tertiary/aromatic N) is 1. The summed E-state index contributed by atoms with van der Waals surface area (Å²) in [6.45, 7) is 5.15. The summed E-state index contributed by atoms with van der Waals surface area (Å²) in [5.74, 6) is -1.34. The molecule has 1 aromatic heterocycles. The van der Waals surface area contributed by atoms with Crippen LogP contribution in [0.2, 0.25) is 0 Å². The molecule has 8 heteroatoms. The first-order valence-electron chi connectivity index (χ1n) is 8.79. The monoisotopic (exact) mass is 410 g/mol. The number of amides is 2. The van der Waals surface area contributed by atoms with E-state index in [1.54, 1.807) is 11.8 Å². The van der Waals surface area contributed by atoms with Crippen LogP contribution in [0, 0.1) is 0 Å². The van der Waals surface area contributed by atoms with E-state index in [4.69, 9.17) is 0 Å². The summed E-state index contributed by atoms with van der Waals surface area (Å²) in [4.78, 5) is 26.6. The van der Waals surface area contributed by atoms with Crippen LogP contribution in [0.3, 0.4) is 0 Å². The lowest BCUT2D eigenvalue weighted by Gasteiger charge is -2.22. The molecule has 148 valence electrons. The molecule has 1 saturated heterocycles. The molecule has 2 unspecified atom stereocenters. The number of aliphatic hydroxyl groups excluding tert-OH is 2. The van der Waals surface area contributed by atoms with Crippen LogP contribution < -0.4 is 5.32 Å². The first kappa shape index (κ1) is 21.7. The maximum Gasteiger partial charge on any atom is 0.254 e. The predicted octanol–water partition coefficient (Wildman–Crippen LogP) is 1.68. The number of rotatable bonds is 9. The van der Waals surface area contributed by atoms with Crippen LogP contribution in [0.5, 0.6) is 0 Å². The number of aliphatic hydroxyl groups is 2. The molecule has 0 saturated carbocycles. The molecule has 1 aliphatic rings. The fraction of sp³-hybridized carbons (Fsp3) is 0.474. The van der Waals surface area contributed by atoms with Gasteiger partial charge in [0.1, 0.15) is 0 Å². The SMILES string of the molecule is C=C/C(=C\SC)Cc1csc(CNC(=O)C(O)C(O)C(=O)N2CCCC2)c1. The normalized spacial score (nSPS) is 16.9. The molecule has 1 aliphatic heterocycles. The Morgan fingerprint density at radius 1 is 1.37 bits per heavy atom. The van der Waals surface area contributed by atoms with Crippen molar-refractivity contribution in [2.24, 2.45) is 0 Å². The van der Waals surface area contributed by atoms with E-state index in [9.17, 15) is 19.8 Å². The van der Waals surface area contributed by atoms with Gasteiger partial charge in [-0.15, -0.1) is 23.1 Å². The van der Waals surface area contributed by atoms with Crippen molar-refractivity contribution < 1.29 is 19.8 Å². The summed E-state index contributed by atoms with van der Waals surface area (Å²) in [7, 11) is 0. The Labute approximate surface area is 168 Å². The van der Waals surface area contributed by atoms with E-state index in [0.717, 1.165) is 35.3 Å². The topological polar surface area (TPSA) is 89.9 Å². The summed E-state index contributed by atoms with van der Waals surface area (Å²) in [6, 6.07) is 1.99. The van der Waals surface area contributed by atoms with Crippen molar-refractivity contribution in [3.63, 3.8) is 0 Å². The van der Waals surface area contributed by atoms with Crippen molar-refractivity contribution in [3.05, 3.63) is 45.5 Å². The van der Waals surface area contributed by atoms with Gasteiger partial charge in [-0.1, -0.05) is 12.7 Å². The van der Waals surface area contributed by atoms with Crippen molar-refractivity contribution in [2.45, 2.75) is 38.0 Å². The molecule has 0 bridgehead atoms. The summed E-state index contributed by atoms with van der Waals surface area (Å²) in [5.41, 5.74) is 2.24. The highest BCUT2D eigenvalue weighted by atomic mass is 32.2. The van der Waals surface area contributed by atoms with Crippen LogP contribution in [0.15, 0.2) is 35.1 Å². The second kappa shape index (κ2) is 10.7. The van der Waals surface area contributed by atoms with E-state index in [1.165, 1.54) is 16.2 Å². The highest BCUT2D eigenvalue weighted by molar-refractivity contribution is 8.01. The molecule has 0 aliphatic carbocycles. The van der Waals surface area contributed by atoms with Crippen LogP contribution in [-0.4, -0.2) is 58.5 Å². The van der Waals surface area contributed by atoms with Crippen molar-refractivity contribution in [1.82, 2.24) is 10.2 Å². The lowest BCUT2D eigenvalue weighted by Crippen LogP contribution is -2.50. The predicted molar refractivity (Wildman–Crippen MR) is 109 cm³/mol. The van der Waals surface area contributed by atoms with E-state index < -0.39 is 24.0 Å². The maximum absolute atomic E-state index is 12.1. The highest BCUT2D eigenvalue weighted by Gasteiger charge is 2.34. The Morgan fingerprint density at radius 3 is 2.70 bits per heavy atom. The minimum absolute atomic E-state index is 0.237. The van der Waals surface area contributed by atoms with E-state index in [0.29, 0.717) is 13.1 Å². The second-order valence-electron chi connectivity index (χ2n) is 6.37.